The van der Waals surface area contributed by atoms with Gasteiger partial charge in [-0.3, -0.25) is 9.59 Å². The van der Waals surface area contributed by atoms with Crippen molar-refractivity contribution in [2.75, 3.05) is 19.8 Å². The summed E-state index contributed by atoms with van der Waals surface area (Å²) < 4.78 is 22.1. The number of hydrogen-bond acceptors (Lipinski definition) is 10. The summed E-state index contributed by atoms with van der Waals surface area (Å²) in [5, 5.41) is 40.1. The maximum Gasteiger partial charge on any atom is 0.306 e. The summed E-state index contributed by atoms with van der Waals surface area (Å²) in [6, 6.07) is 0. The van der Waals surface area contributed by atoms with Crippen LogP contribution in [-0.4, -0.2) is 89.0 Å². The van der Waals surface area contributed by atoms with Crippen molar-refractivity contribution in [1.82, 2.24) is 0 Å². The van der Waals surface area contributed by atoms with E-state index in [2.05, 4.69) is 62.5 Å². The SMILES string of the molecule is CC/C=C/C/C=C/C/C=C/C/C=C/CCCCC(=O)OC[C@H](CO[C@@H]1O[C@H](CO)[C@H](O)C(O)C1O)OC(=O)CCCCCCCCCCCCCCCCCCCCC. The third-order valence-corrected chi connectivity index (χ3v) is 10.7. The van der Waals surface area contributed by atoms with Crippen molar-refractivity contribution in [3.63, 3.8) is 0 Å². The summed E-state index contributed by atoms with van der Waals surface area (Å²) in [7, 11) is 0. The lowest BCUT2D eigenvalue weighted by molar-refractivity contribution is -0.305. The third kappa shape index (κ3) is 31.2. The number of rotatable bonds is 39. The van der Waals surface area contributed by atoms with Gasteiger partial charge in [0.2, 0.25) is 0 Å². The summed E-state index contributed by atoms with van der Waals surface area (Å²) in [6.45, 7) is 3.28. The molecule has 0 aromatic carbocycles. The molecular formula is C49H86O10. The van der Waals surface area contributed by atoms with Gasteiger partial charge in [-0.2, -0.15) is 0 Å². The zero-order valence-electron chi connectivity index (χ0n) is 37.2. The molecule has 10 heteroatoms. The fraction of sp³-hybridized carbons (Fsp3) is 0.796. The number of aliphatic hydroxyl groups is 4. The second kappa shape index (κ2) is 39.8. The fourth-order valence-electron chi connectivity index (χ4n) is 7.00. The molecule has 1 fully saturated rings. The Balaban J connectivity index is 2.31. The van der Waals surface area contributed by atoms with Gasteiger partial charge in [0, 0.05) is 12.8 Å². The molecule has 0 saturated carbocycles. The number of esters is 2. The number of allylic oxidation sites excluding steroid dienone is 8. The normalized spacial score (nSPS) is 20.4. The summed E-state index contributed by atoms with van der Waals surface area (Å²) in [6.07, 6.45) is 39.8. The molecule has 1 heterocycles. The van der Waals surface area contributed by atoms with Gasteiger partial charge in [-0.05, 0) is 51.4 Å². The lowest BCUT2D eigenvalue weighted by Crippen LogP contribution is -2.59. The first kappa shape index (κ1) is 54.7. The van der Waals surface area contributed by atoms with Crippen LogP contribution in [0.5, 0.6) is 0 Å². The number of unbranched alkanes of at least 4 members (excludes halogenated alkanes) is 20. The Labute approximate surface area is 358 Å². The van der Waals surface area contributed by atoms with Gasteiger partial charge in [0.1, 0.15) is 31.0 Å². The van der Waals surface area contributed by atoms with Gasteiger partial charge in [0.05, 0.1) is 13.2 Å². The van der Waals surface area contributed by atoms with Crippen LogP contribution >= 0.6 is 0 Å². The van der Waals surface area contributed by atoms with Gasteiger partial charge in [-0.25, -0.2) is 0 Å². The number of hydrogen-bond donors (Lipinski definition) is 4. The van der Waals surface area contributed by atoms with Gasteiger partial charge in [-0.1, -0.05) is 178 Å². The van der Waals surface area contributed by atoms with Crippen molar-refractivity contribution in [1.29, 1.82) is 0 Å². The number of carbonyl (C=O) groups excluding carboxylic acids is 2. The van der Waals surface area contributed by atoms with Gasteiger partial charge >= 0.3 is 11.9 Å². The molecule has 59 heavy (non-hydrogen) atoms. The molecule has 1 rings (SSSR count). The molecule has 2 unspecified atom stereocenters. The maximum atomic E-state index is 12.8. The summed E-state index contributed by atoms with van der Waals surface area (Å²) in [5.74, 6) is -0.851. The molecule has 0 aromatic rings. The number of carbonyl (C=O) groups is 2. The summed E-state index contributed by atoms with van der Waals surface area (Å²) in [5.41, 5.74) is 0. The van der Waals surface area contributed by atoms with Gasteiger partial charge in [0.15, 0.2) is 12.4 Å². The van der Waals surface area contributed by atoms with Crippen molar-refractivity contribution in [2.45, 2.75) is 230 Å². The smallest absolute Gasteiger partial charge is 0.306 e. The monoisotopic (exact) mass is 835 g/mol. The molecule has 0 radical (unpaired) electrons. The van der Waals surface area contributed by atoms with E-state index >= 15 is 0 Å². The largest absolute Gasteiger partial charge is 0.462 e. The van der Waals surface area contributed by atoms with Crippen molar-refractivity contribution in [3.05, 3.63) is 48.6 Å². The first-order valence-corrected chi connectivity index (χ1v) is 23.7. The Kier molecular flexibility index (Phi) is 36.9. The lowest BCUT2D eigenvalue weighted by atomic mass is 9.99. The predicted molar refractivity (Wildman–Crippen MR) is 238 cm³/mol. The van der Waals surface area contributed by atoms with Crippen molar-refractivity contribution in [3.8, 4) is 0 Å². The molecule has 1 aliphatic heterocycles. The zero-order valence-corrected chi connectivity index (χ0v) is 37.2. The summed E-state index contributed by atoms with van der Waals surface area (Å²) in [4.78, 5) is 25.4. The van der Waals surface area contributed by atoms with Crippen molar-refractivity contribution < 1.29 is 49.0 Å². The van der Waals surface area contributed by atoms with E-state index < -0.39 is 55.4 Å². The first-order valence-electron chi connectivity index (χ1n) is 23.7. The third-order valence-electron chi connectivity index (χ3n) is 10.7. The zero-order chi connectivity index (χ0) is 43.0. The van der Waals surface area contributed by atoms with Crippen molar-refractivity contribution in [2.24, 2.45) is 0 Å². The Morgan fingerprint density at radius 1 is 0.542 bits per heavy atom. The van der Waals surface area contributed by atoms with Crippen LogP contribution in [0.1, 0.15) is 194 Å². The van der Waals surface area contributed by atoms with Crippen LogP contribution in [0, 0.1) is 0 Å². The highest BCUT2D eigenvalue weighted by molar-refractivity contribution is 5.70. The van der Waals surface area contributed by atoms with Gasteiger partial charge in [0.25, 0.3) is 0 Å². The Hall–Kier alpha value is -2.34. The van der Waals surface area contributed by atoms with Crippen LogP contribution in [0.3, 0.4) is 0 Å². The molecular weight excluding hydrogens is 749 g/mol. The fourth-order valence-corrected chi connectivity index (χ4v) is 7.00. The van der Waals surface area contributed by atoms with E-state index in [1.807, 2.05) is 0 Å². The molecule has 1 aliphatic rings. The maximum absolute atomic E-state index is 12.8. The standard InChI is InChI=1S/C49H86O10/c1-3-5-7-9-11-13-15-17-19-20-21-22-24-26-28-30-32-34-36-38-45(52)58-42(41-57-49-48(55)47(54)46(53)43(39-50)59-49)40-56-44(51)37-35-33-31-29-27-25-23-18-16-14-12-10-8-6-4-2/h6,8,12,14,18,23,27,29,42-43,46-50,53-55H,3-5,7,9-11,13,15-17,19-22,24-26,28,30-41H2,1-2H3/b8-6+,14-12+,23-18+,29-27+/t42-,43-,46+,47?,48?,49-/m1/s1. The van der Waals surface area contributed by atoms with Crippen LogP contribution in [0.2, 0.25) is 0 Å². The molecule has 6 atom stereocenters. The minimum atomic E-state index is -1.60. The van der Waals surface area contributed by atoms with Crippen LogP contribution in [0.4, 0.5) is 0 Å². The van der Waals surface area contributed by atoms with Crippen LogP contribution in [-0.2, 0) is 28.5 Å². The van der Waals surface area contributed by atoms with E-state index in [0.29, 0.717) is 12.8 Å². The topological polar surface area (TPSA) is 152 Å². The molecule has 10 nitrogen and oxygen atoms in total. The van der Waals surface area contributed by atoms with E-state index in [4.69, 9.17) is 18.9 Å². The van der Waals surface area contributed by atoms with Gasteiger partial charge < -0.3 is 39.4 Å². The predicted octanol–water partition coefficient (Wildman–Crippen LogP) is 10.4. The molecule has 0 aliphatic carbocycles. The Morgan fingerprint density at radius 3 is 1.51 bits per heavy atom. The number of aliphatic hydroxyl groups excluding tert-OH is 4. The lowest BCUT2D eigenvalue weighted by Gasteiger charge is -2.39. The van der Waals surface area contributed by atoms with Crippen molar-refractivity contribution >= 4 is 11.9 Å². The average Bonchev–Trinajstić information content (AvgIpc) is 3.23. The Morgan fingerprint density at radius 2 is 1.00 bits per heavy atom. The Bertz CT molecular complexity index is 1100. The quantitative estimate of drug-likeness (QED) is 0.0267. The van der Waals surface area contributed by atoms with Gasteiger partial charge in [-0.15, -0.1) is 0 Å². The van der Waals surface area contributed by atoms with Crippen LogP contribution < -0.4 is 0 Å². The van der Waals surface area contributed by atoms with E-state index in [0.717, 1.165) is 57.8 Å². The highest BCUT2D eigenvalue weighted by atomic mass is 16.7. The highest BCUT2D eigenvalue weighted by Crippen LogP contribution is 2.23. The van der Waals surface area contributed by atoms with Crippen LogP contribution in [0.15, 0.2) is 48.6 Å². The molecule has 0 aromatic heterocycles. The van der Waals surface area contributed by atoms with Crippen LogP contribution in [0.25, 0.3) is 0 Å². The van der Waals surface area contributed by atoms with E-state index in [1.54, 1.807) is 0 Å². The number of ether oxygens (including phenoxy) is 4. The van der Waals surface area contributed by atoms with E-state index in [-0.39, 0.29) is 26.1 Å². The second-order valence-corrected chi connectivity index (χ2v) is 16.2. The first-order chi connectivity index (χ1) is 28.8. The molecule has 0 amide bonds. The van der Waals surface area contributed by atoms with E-state index in [9.17, 15) is 30.0 Å². The average molecular weight is 835 g/mol. The van der Waals surface area contributed by atoms with E-state index in [1.165, 1.54) is 96.3 Å². The molecule has 342 valence electrons. The molecule has 1 saturated heterocycles. The molecule has 0 spiro atoms. The molecule has 0 bridgehead atoms. The minimum Gasteiger partial charge on any atom is -0.462 e. The highest BCUT2D eigenvalue weighted by Gasteiger charge is 2.44. The molecule has 4 N–H and O–H groups in total. The minimum absolute atomic E-state index is 0.223. The second-order valence-electron chi connectivity index (χ2n) is 16.2. The summed E-state index contributed by atoms with van der Waals surface area (Å²) >= 11 is 0.